The first kappa shape index (κ1) is 6.50. The Bertz CT molecular complexity index is 26.7. The molecule has 0 fully saturated rings. The van der Waals surface area contributed by atoms with Gasteiger partial charge in [0.15, 0.2) is 0 Å². The zero-order valence-corrected chi connectivity index (χ0v) is 6.46. The van der Waals surface area contributed by atoms with Crippen LogP contribution in [0.15, 0.2) is 0 Å². The Morgan fingerprint density at radius 3 is 1.67 bits per heavy atom. The van der Waals surface area contributed by atoms with Crippen LogP contribution in [0.4, 0.5) is 0 Å². The van der Waals surface area contributed by atoms with Gasteiger partial charge in [0.05, 0.1) is 0 Å². The molecule has 0 aliphatic heterocycles. The molecule has 0 atom stereocenters. The third-order valence-electron chi connectivity index (χ3n) is 0.763. The molecule has 0 heterocycles. The molecular weight excluding hydrogens is 135 g/mol. The van der Waals surface area contributed by atoms with Crippen molar-refractivity contribution in [1.29, 1.82) is 0 Å². The summed E-state index contributed by atoms with van der Waals surface area (Å²) in [5.74, 6) is 0. The standard InChI is InChI=1S/C4H10GeN/c1-3-6(5)4-2/h3-4H2,1-2H3. The Morgan fingerprint density at radius 2 is 1.67 bits per heavy atom. The fourth-order valence-electron chi connectivity index (χ4n) is 0.224. The molecule has 0 amide bonds. The maximum absolute atomic E-state index is 2.25. The maximum atomic E-state index is 2.25. The van der Waals surface area contributed by atoms with E-state index in [-0.39, 0.29) is 0 Å². The van der Waals surface area contributed by atoms with E-state index in [2.05, 4.69) is 34.4 Å². The fourth-order valence-corrected chi connectivity index (χ4v) is 0.224. The van der Waals surface area contributed by atoms with Crippen molar-refractivity contribution < 1.29 is 0 Å². The van der Waals surface area contributed by atoms with E-state index in [4.69, 9.17) is 0 Å². The van der Waals surface area contributed by atoms with E-state index in [9.17, 15) is 0 Å². The van der Waals surface area contributed by atoms with Crippen molar-refractivity contribution in [3.63, 3.8) is 0 Å². The molecule has 0 unspecified atom stereocenters. The summed E-state index contributed by atoms with van der Waals surface area (Å²) >= 11 is 2.11. The van der Waals surface area contributed by atoms with E-state index >= 15 is 0 Å². The normalized spacial score (nSPS) is 10.0. The molecule has 35 valence electrons. The molecule has 0 saturated heterocycles. The minimum absolute atomic E-state index is 1.16. The van der Waals surface area contributed by atoms with Crippen LogP contribution in [0, 0.1) is 0 Å². The SMILES string of the molecule is CC[N]([Ge])CC. The second-order valence-electron chi connectivity index (χ2n) is 1.17. The summed E-state index contributed by atoms with van der Waals surface area (Å²) in [6, 6.07) is 0. The Hall–Kier alpha value is 0.503. The van der Waals surface area contributed by atoms with E-state index in [1.165, 1.54) is 0 Å². The van der Waals surface area contributed by atoms with Crippen LogP contribution in [0.25, 0.3) is 0 Å². The van der Waals surface area contributed by atoms with Gasteiger partial charge in [0.25, 0.3) is 0 Å². The molecule has 0 aromatic carbocycles. The van der Waals surface area contributed by atoms with Crippen molar-refractivity contribution in [2.24, 2.45) is 0 Å². The van der Waals surface area contributed by atoms with Gasteiger partial charge in [-0.05, 0) is 0 Å². The predicted molar refractivity (Wildman–Crippen MR) is 28.7 cm³/mol. The Labute approximate surface area is 48.2 Å². The summed E-state index contributed by atoms with van der Waals surface area (Å²) in [5, 5.41) is 0. The molecule has 1 nitrogen and oxygen atoms in total. The third kappa shape index (κ3) is 2.72. The summed E-state index contributed by atoms with van der Waals surface area (Å²) in [4.78, 5) is 0. The molecule has 0 aromatic heterocycles. The first-order valence-corrected chi connectivity index (χ1v) is 3.21. The monoisotopic (exact) mass is 146 g/mol. The first-order chi connectivity index (χ1) is 2.81. The van der Waals surface area contributed by atoms with Crippen molar-refractivity contribution in [3.8, 4) is 0 Å². The van der Waals surface area contributed by atoms with Crippen LogP contribution >= 0.6 is 0 Å². The quantitative estimate of drug-likeness (QED) is 0.508. The summed E-state index contributed by atoms with van der Waals surface area (Å²) in [6.07, 6.45) is 0. The first-order valence-electron chi connectivity index (χ1n) is 2.27. The molecule has 6 heavy (non-hydrogen) atoms. The van der Waals surface area contributed by atoms with Crippen molar-refractivity contribution >= 4 is 16.7 Å². The summed E-state index contributed by atoms with van der Waals surface area (Å²) in [5.41, 5.74) is 0. The molecule has 0 aliphatic rings. The molecule has 0 aromatic rings. The van der Waals surface area contributed by atoms with Gasteiger partial charge in [0.1, 0.15) is 0 Å². The van der Waals surface area contributed by atoms with Crippen molar-refractivity contribution in [2.45, 2.75) is 13.8 Å². The van der Waals surface area contributed by atoms with E-state index in [1.54, 1.807) is 0 Å². The van der Waals surface area contributed by atoms with Gasteiger partial charge < -0.3 is 0 Å². The molecule has 0 aliphatic carbocycles. The van der Waals surface area contributed by atoms with Gasteiger partial charge in [-0.15, -0.1) is 0 Å². The van der Waals surface area contributed by atoms with Crippen molar-refractivity contribution in [2.75, 3.05) is 13.1 Å². The van der Waals surface area contributed by atoms with Crippen LogP contribution in [-0.2, 0) is 0 Å². The minimum atomic E-state index is 1.16. The van der Waals surface area contributed by atoms with Crippen LogP contribution in [-0.4, -0.2) is 33.7 Å². The molecule has 0 saturated carbocycles. The average molecular weight is 145 g/mol. The Kier molecular flexibility index (Phi) is 3.99. The van der Waals surface area contributed by atoms with Crippen LogP contribution in [0.5, 0.6) is 0 Å². The molecule has 2 heteroatoms. The Balaban J connectivity index is 2.75. The number of nitrogens with zero attached hydrogens (tertiary/aromatic N) is 1. The van der Waals surface area contributed by atoms with E-state index in [0.717, 1.165) is 13.1 Å². The summed E-state index contributed by atoms with van der Waals surface area (Å²) in [7, 11) is 0. The molecule has 0 spiro atoms. The number of hydrogen-bond donors (Lipinski definition) is 0. The summed E-state index contributed by atoms with van der Waals surface area (Å²) in [6.45, 7) is 6.64. The fraction of sp³-hybridized carbons (Fsp3) is 1.00. The van der Waals surface area contributed by atoms with Crippen molar-refractivity contribution in [3.05, 3.63) is 0 Å². The van der Waals surface area contributed by atoms with Crippen LogP contribution in [0.1, 0.15) is 13.8 Å². The molecule has 0 N–H and O–H groups in total. The Morgan fingerprint density at radius 1 is 1.33 bits per heavy atom. The molecular formula is C4H10GeN. The number of hydrogen-bond acceptors (Lipinski definition) is 1. The van der Waals surface area contributed by atoms with E-state index < -0.39 is 0 Å². The van der Waals surface area contributed by atoms with E-state index in [0.29, 0.717) is 0 Å². The van der Waals surface area contributed by atoms with Crippen LogP contribution in [0.2, 0.25) is 0 Å². The molecule has 0 bridgehead atoms. The van der Waals surface area contributed by atoms with Crippen LogP contribution in [0.3, 0.4) is 0 Å². The van der Waals surface area contributed by atoms with Gasteiger partial charge >= 0.3 is 47.5 Å². The molecule has 3 radical (unpaired) electrons. The van der Waals surface area contributed by atoms with Gasteiger partial charge in [-0.3, -0.25) is 0 Å². The van der Waals surface area contributed by atoms with Gasteiger partial charge in [0, 0.05) is 0 Å². The predicted octanol–water partition coefficient (Wildman–Crippen LogP) is 0.412. The van der Waals surface area contributed by atoms with Gasteiger partial charge in [-0.25, -0.2) is 0 Å². The third-order valence-corrected chi connectivity index (χ3v) is 2.09. The average Bonchev–Trinajstić information content (AvgIpc) is 1.65. The summed E-state index contributed by atoms with van der Waals surface area (Å²) < 4.78 is 2.25. The van der Waals surface area contributed by atoms with Gasteiger partial charge in [-0.1, -0.05) is 0 Å². The van der Waals surface area contributed by atoms with Crippen LogP contribution < -0.4 is 0 Å². The second kappa shape index (κ2) is 3.68. The van der Waals surface area contributed by atoms with E-state index in [1.807, 2.05) is 0 Å². The molecule has 0 rings (SSSR count). The zero-order chi connectivity index (χ0) is 4.99. The zero-order valence-electron chi connectivity index (χ0n) is 4.36. The second-order valence-corrected chi connectivity index (χ2v) is 2.50. The van der Waals surface area contributed by atoms with Crippen molar-refractivity contribution in [1.82, 2.24) is 3.86 Å². The van der Waals surface area contributed by atoms with Gasteiger partial charge in [0.2, 0.25) is 0 Å². The number of rotatable bonds is 2. The topological polar surface area (TPSA) is 3.24 Å². The van der Waals surface area contributed by atoms with Gasteiger partial charge in [-0.2, -0.15) is 0 Å².